The van der Waals surface area contributed by atoms with Crippen molar-refractivity contribution in [2.75, 3.05) is 0 Å². The number of H-pyrrole nitrogens is 1. The Morgan fingerprint density at radius 2 is 2.07 bits per heavy atom. The van der Waals surface area contributed by atoms with Crippen LogP contribution < -0.4 is 0 Å². The molecule has 1 aromatic carbocycles. The summed E-state index contributed by atoms with van der Waals surface area (Å²) in [5.41, 5.74) is 2.34. The third-order valence-corrected chi connectivity index (χ3v) is 2.05. The molecule has 0 spiro atoms. The second-order valence-electron chi connectivity index (χ2n) is 3.18. The molecule has 0 radical (unpaired) electrons. The van der Waals surface area contributed by atoms with E-state index in [-0.39, 0.29) is 0 Å². The van der Waals surface area contributed by atoms with E-state index in [4.69, 9.17) is 0 Å². The van der Waals surface area contributed by atoms with Gasteiger partial charge in [0.25, 0.3) is 0 Å². The Morgan fingerprint density at radius 3 is 2.71 bits per heavy atom. The van der Waals surface area contributed by atoms with E-state index < -0.39 is 0 Å². The van der Waals surface area contributed by atoms with Gasteiger partial charge < -0.3 is 4.98 Å². The smallest absolute Gasteiger partial charge is 0.132 e. The van der Waals surface area contributed by atoms with Gasteiger partial charge in [-0.3, -0.25) is 0 Å². The van der Waals surface area contributed by atoms with Gasteiger partial charge in [0.1, 0.15) is 5.82 Å². The summed E-state index contributed by atoms with van der Waals surface area (Å²) >= 11 is 0. The Kier molecular flexibility index (Phi) is 2.45. The summed E-state index contributed by atoms with van der Waals surface area (Å²) in [7, 11) is 0. The highest BCUT2D eigenvalue weighted by atomic mass is 14.9. The van der Waals surface area contributed by atoms with Crippen LogP contribution in [-0.4, -0.2) is 9.97 Å². The van der Waals surface area contributed by atoms with Gasteiger partial charge in [0.05, 0.1) is 0 Å². The first-order valence-electron chi connectivity index (χ1n) is 4.59. The molecule has 0 atom stereocenters. The monoisotopic (exact) mass is 184 g/mol. The molecule has 0 aliphatic heterocycles. The summed E-state index contributed by atoms with van der Waals surface area (Å²) in [6.07, 6.45) is 5.70. The van der Waals surface area contributed by atoms with Gasteiger partial charge in [-0.1, -0.05) is 30.3 Å². The molecule has 1 aromatic heterocycles. The van der Waals surface area contributed by atoms with Crippen LogP contribution in [0.5, 0.6) is 0 Å². The average Bonchev–Trinajstić information content (AvgIpc) is 2.72. The predicted molar refractivity (Wildman–Crippen MR) is 58.6 cm³/mol. The summed E-state index contributed by atoms with van der Waals surface area (Å²) in [4.78, 5) is 7.27. The van der Waals surface area contributed by atoms with Crippen molar-refractivity contribution in [3.05, 3.63) is 54.1 Å². The fourth-order valence-electron chi connectivity index (χ4n) is 1.35. The van der Waals surface area contributed by atoms with Gasteiger partial charge in [-0.15, -0.1) is 0 Å². The van der Waals surface area contributed by atoms with Gasteiger partial charge in [-0.25, -0.2) is 4.98 Å². The zero-order valence-corrected chi connectivity index (χ0v) is 8.07. The Morgan fingerprint density at radius 1 is 1.29 bits per heavy atom. The molecular weight excluding hydrogens is 172 g/mol. The standard InChI is InChI=1S/C12H12N2/c1-10(12-13-7-8-14-12)9-11-5-3-2-4-6-11/h2-9H,1H3,(H,13,14). The largest absolute Gasteiger partial charge is 0.345 e. The number of imidazole rings is 1. The van der Waals surface area contributed by atoms with Crippen LogP contribution in [-0.2, 0) is 0 Å². The number of aromatic amines is 1. The van der Waals surface area contributed by atoms with Crippen molar-refractivity contribution in [3.63, 3.8) is 0 Å². The normalized spacial score (nSPS) is 11.6. The van der Waals surface area contributed by atoms with Crippen LogP contribution in [0.4, 0.5) is 0 Å². The summed E-state index contributed by atoms with van der Waals surface area (Å²) in [6.45, 7) is 2.05. The molecule has 0 bridgehead atoms. The average molecular weight is 184 g/mol. The zero-order chi connectivity index (χ0) is 9.80. The third kappa shape index (κ3) is 1.91. The molecule has 70 valence electrons. The Hall–Kier alpha value is -1.83. The number of allylic oxidation sites excluding steroid dienone is 1. The van der Waals surface area contributed by atoms with Gasteiger partial charge in [0.2, 0.25) is 0 Å². The van der Waals surface area contributed by atoms with Crippen molar-refractivity contribution < 1.29 is 0 Å². The molecule has 0 aliphatic carbocycles. The molecule has 0 amide bonds. The Balaban J connectivity index is 2.28. The lowest BCUT2D eigenvalue weighted by molar-refractivity contribution is 1.23. The molecule has 2 rings (SSSR count). The van der Waals surface area contributed by atoms with Gasteiger partial charge in [-0.05, 0) is 24.1 Å². The van der Waals surface area contributed by atoms with Crippen LogP contribution in [0.1, 0.15) is 18.3 Å². The van der Waals surface area contributed by atoms with Crippen LogP contribution in [0.25, 0.3) is 11.6 Å². The molecule has 14 heavy (non-hydrogen) atoms. The number of nitrogens with one attached hydrogen (secondary N) is 1. The van der Waals surface area contributed by atoms with E-state index in [2.05, 4.69) is 28.2 Å². The van der Waals surface area contributed by atoms with Crippen LogP contribution >= 0.6 is 0 Å². The van der Waals surface area contributed by atoms with Crippen LogP contribution in [0.3, 0.4) is 0 Å². The first kappa shape index (κ1) is 8.75. The Labute approximate surface area is 83.3 Å². The second kappa shape index (κ2) is 3.92. The first-order valence-corrected chi connectivity index (χ1v) is 4.59. The molecule has 0 fully saturated rings. The first-order chi connectivity index (χ1) is 6.86. The molecule has 2 heteroatoms. The fraction of sp³-hybridized carbons (Fsp3) is 0.0833. The zero-order valence-electron chi connectivity index (χ0n) is 8.07. The van der Waals surface area contributed by atoms with Crippen molar-refractivity contribution in [1.29, 1.82) is 0 Å². The van der Waals surface area contributed by atoms with Crippen molar-refractivity contribution in [1.82, 2.24) is 9.97 Å². The van der Waals surface area contributed by atoms with Crippen molar-refractivity contribution in [2.24, 2.45) is 0 Å². The van der Waals surface area contributed by atoms with Crippen LogP contribution in [0, 0.1) is 0 Å². The number of rotatable bonds is 2. The lowest BCUT2D eigenvalue weighted by Crippen LogP contribution is -1.82. The predicted octanol–water partition coefficient (Wildman–Crippen LogP) is 2.97. The van der Waals surface area contributed by atoms with E-state index >= 15 is 0 Å². The number of hydrogen-bond acceptors (Lipinski definition) is 1. The highest BCUT2D eigenvalue weighted by Gasteiger charge is 1.96. The number of benzene rings is 1. The van der Waals surface area contributed by atoms with Crippen LogP contribution in [0.15, 0.2) is 42.7 Å². The highest BCUT2D eigenvalue weighted by molar-refractivity contribution is 5.77. The SMILES string of the molecule is CC(=Cc1ccccc1)c1ncc[nH]1. The van der Waals surface area contributed by atoms with E-state index in [1.54, 1.807) is 6.20 Å². The topological polar surface area (TPSA) is 28.7 Å². The van der Waals surface area contributed by atoms with E-state index in [9.17, 15) is 0 Å². The summed E-state index contributed by atoms with van der Waals surface area (Å²) in [6, 6.07) is 10.2. The van der Waals surface area contributed by atoms with Crippen molar-refractivity contribution >= 4 is 11.6 Å². The molecule has 0 aliphatic rings. The lowest BCUT2D eigenvalue weighted by Gasteiger charge is -1.96. The minimum atomic E-state index is 0.925. The molecule has 1 heterocycles. The van der Waals surface area contributed by atoms with Gasteiger partial charge in [-0.2, -0.15) is 0 Å². The van der Waals surface area contributed by atoms with Crippen molar-refractivity contribution in [3.8, 4) is 0 Å². The third-order valence-electron chi connectivity index (χ3n) is 2.05. The number of aromatic nitrogens is 2. The van der Waals surface area contributed by atoms with E-state index in [1.165, 1.54) is 5.56 Å². The minimum absolute atomic E-state index is 0.925. The maximum Gasteiger partial charge on any atom is 0.132 e. The second-order valence-corrected chi connectivity index (χ2v) is 3.18. The minimum Gasteiger partial charge on any atom is -0.345 e. The van der Waals surface area contributed by atoms with E-state index in [0.29, 0.717) is 0 Å². The number of hydrogen-bond donors (Lipinski definition) is 1. The molecule has 2 nitrogen and oxygen atoms in total. The Bertz CT molecular complexity index is 413. The van der Waals surface area contributed by atoms with Gasteiger partial charge in [0.15, 0.2) is 0 Å². The molecule has 0 unspecified atom stereocenters. The molecule has 0 saturated carbocycles. The molecule has 2 aromatic rings. The molecular formula is C12H12N2. The van der Waals surface area contributed by atoms with E-state index in [0.717, 1.165) is 11.4 Å². The highest BCUT2D eigenvalue weighted by Crippen LogP contribution is 2.12. The van der Waals surface area contributed by atoms with Crippen LogP contribution in [0.2, 0.25) is 0 Å². The lowest BCUT2D eigenvalue weighted by atomic mass is 10.1. The quantitative estimate of drug-likeness (QED) is 0.763. The summed E-state index contributed by atoms with van der Waals surface area (Å²) < 4.78 is 0. The number of nitrogens with zero attached hydrogens (tertiary/aromatic N) is 1. The van der Waals surface area contributed by atoms with Gasteiger partial charge in [0, 0.05) is 12.4 Å². The maximum absolute atomic E-state index is 4.19. The summed E-state index contributed by atoms with van der Waals surface area (Å²) in [5, 5.41) is 0. The fourth-order valence-corrected chi connectivity index (χ4v) is 1.35. The van der Waals surface area contributed by atoms with Gasteiger partial charge >= 0.3 is 0 Å². The molecule has 1 N–H and O–H groups in total. The molecule has 0 saturated heterocycles. The maximum atomic E-state index is 4.19. The van der Waals surface area contributed by atoms with E-state index in [1.807, 2.05) is 31.3 Å². The summed E-state index contributed by atoms with van der Waals surface area (Å²) in [5.74, 6) is 0.925. The van der Waals surface area contributed by atoms with Crippen molar-refractivity contribution in [2.45, 2.75) is 6.92 Å².